The summed E-state index contributed by atoms with van der Waals surface area (Å²) in [6, 6.07) is 11.7. The van der Waals surface area contributed by atoms with Gasteiger partial charge in [-0.2, -0.15) is 0 Å². The van der Waals surface area contributed by atoms with Crippen molar-refractivity contribution in [3.05, 3.63) is 47.6 Å². The highest BCUT2D eigenvalue weighted by molar-refractivity contribution is 6.30. The third-order valence-corrected chi connectivity index (χ3v) is 4.83. The summed E-state index contributed by atoms with van der Waals surface area (Å²) in [5.74, 6) is 0.632. The summed E-state index contributed by atoms with van der Waals surface area (Å²) in [6.45, 7) is 2.46. The van der Waals surface area contributed by atoms with Gasteiger partial charge in [-0.15, -0.1) is 0 Å². The monoisotopic (exact) mass is 372 g/mol. The quantitative estimate of drug-likeness (QED) is 0.854. The van der Waals surface area contributed by atoms with Gasteiger partial charge in [-0.3, -0.25) is 4.79 Å². The molecule has 0 aliphatic carbocycles. The zero-order valence-corrected chi connectivity index (χ0v) is 15.9. The van der Waals surface area contributed by atoms with Gasteiger partial charge in [0.1, 0.15) is 5.82 Å². The number of amides is 1. The van der Waals surface area contributed by atoms with E-state index < -0.39 is 0 Å². The number of halogens is 1. The Bertz CT molecular complexity index is 710. The number of benzene rings is 1. The molecule has 0 unspecified atom stereocenters. The van der Waals surface area contributed by atoms with Gasteiger partial charge in [0.05, 0.1) is 11.6 Å². The zero-order valence-electron chi connectivity index (χ0n) is 15.1. The lowest BCUT2D eigenvalue weighted by atomic mass is 10.2. The molecule has 0 saturated carbocycles. The Morgan fingerprint density at radius 1 is 1.12 bits per heavy atom. The van der Waals surface area contributed by atoms with E-state index in [9.17, 15) is 4.79 Å². The van der Waals surface area contributed by atoms with E-state index in [0.29, 0.717) is 10.8 Å². The number of hydrogen-bond acceptors (Lipinski definition) is 4. The van der Waals surface area contributed by atoms with Crippen LogP contribution in [0.2, 0.25) is 5.02 Å². The van der Waals surface area contributed by atoms with Crippen LogP contribution in [-0.4, -0.2) is 37.6 Å². The molecule has 1 aromatic carbocycles. The van der Waals surface area contributed by atoms with Gasteiger partial charge in [0.25, 0.3) is 0 Å². The van der Waals surface area contributed by atoms with Crippen molar-refractivity contribution in [1.29, 1.82) is 0 Å². The number of likely N-dealkylation sites (N-methyl/N-ethyl adjacent to an activating group) is 1. The number of anilines is 3. The molecule has 1 N–H and O–H groups in total. The largest absolute Gasteiger partial charge is 0.372 e. The Morgan fingerprint density at radius 2 is 1.81 bits per heavy atom. The highest BCUT2D eigenvalue weighted by atomic mass is 35.5. The molecule has 138 valence electrons. The summed E-state index contributed by atoms with van der Waals surface area (Å²) in [4.78, 5) is 20.7. The van der Waals surface area contributed by atoms with Crippen LogP contribution in [0.25, 0.3) is 0 Å². The highest BCUT2D eigenvalue weighted by Crippen LogP contribution is 2.21. The molecule has 5 nitrogen and oxygen atoms in total. The molecule has 1 aromatic heterocycles. The maximum Gasteiger partial charge on any atom is 0.243 e. The maximum absolute atomic E-state index is 12.3. The summed E-state index contributed by atoms with van der Waals surface area (Å²) in [5.41, 5.74) is 2.04. The summed E-state index contributed by atoms with van der Waals surface area (Å²) in [7, 11) is 1.83. The molecule has 0 radical (unpaired) electrons. The number of nitrogens with one attached hydrogen (secondary N) is 1. The molecule has 1 aliphatic heterocycles. The Kier molecular flexibility index (Phi) is 6.34. The summed E-state index contributed by atoms with van der Waals surface area (Å²) < 4.78 is 0. The molecule has 1 aliphatic rings. The molecule has 2 aromatic rings. The van der Waals surface area contributed by atoms with Crippen molar-refractivity contribution in [2.24, 2.45) is 0 Å². The van der Waals surface area contributed by atoms with E-state index >= 15 is 0 Å². The minimum absolute atomic E-state index is 0.0771. The predicted molar refractivity (Wildman–Crippen MR) is 108 cm³/mol. The fourth-order valence-corrected chi connectivity index (χ4v) is 3.29. The number of aromatic nitrogens is 1. The molecule has 2 heterocycles. The molecule has 0 atom stereocenters. The number of carbonyl (C=O) groups is 1. The number of nitrogens with zero attached hydrogens (tertiary/aromatic N) is 3. The number of pyridine rings is 1. The minimum atomic E-state index is -0.0771. The van der Waals surface area contributed by atoms with E-state index in [1.807, 2.05) is 19.2 Å². The van der Waals surface area contributed by atoms with Gasteiger partial charge in [-0.05, 0) is 49.2 Å². The predicted octanol–water partition coefficient (Wildman–Crippen LogP) is 4.19. The Hall–Kier alpha value is -2.27. The molecule has 3 rings (SSSR count). The molecule has 0 spiro atoms. The Labute approximate surface area is 160 Å². The normalized spacial score (nSPS) is 14.6. The van der Waals surface area contributed by atoms with Gasteiger partial charge >= 0.3 is 0 Å². The Morgan fingerprint density at radius 3 is 2.42 bits per heavy atom. The van der Waals surface area contributed by atoms with E-state index in [4.69, 9.17) is 11.6 Å². The van der Waals surface area contributed by atoms with Gasteiger partial charge in [0.15, 0.2) is 0 Å². The molecule has 1 amide bonds. The second-order valence-electron chi connectivity index (χ2n) is 6.69. The molecule has 0 bridgehead atoms. The first kappa shape index (κ1) is 18.5. The number of hydrogen-bond donors (Lipinski definition) is 1. The third kappa shape index (κ3) is 5.11. The van der Waals surface area contributed by atoms with Crippen LogP contribution < -0.4 is 15.1 Å². The van der Waals surface area contributed by atoms with Crippen molar-refractivity contribution in [2.75, 3.05) is 41.8 Å². The average molecular weight is 373 g/mol. The van der Waals surface area contributed by atoms with Gasteiger partial charge < -0.3 is 15.1 Å². The van der Waals surface area contributed by atoms with Crippen LogP contribution in [0.5, 0.6) is 0 Å². The van der Waals surface area contributed by atoms with Crippen LogP contribution in [0.1, 0.15) is 25.7 Å². The van der Waals surface area contributed by atoms with E-state index in [1.165, 1.54) is 31.4 Å². The fourth-order valence-electron chi connectivity index (χ4n) is 3.18. The van der Waals surface area contributed by atoms with Crippen LogP contribution in [0.15, 0.2) is 42.6 Å². The maximum atomic E-state index is 12.3. The van der Waals surface area contributed by atoms with Gasteiger partial charge in [-0.1, -0.05) is 24.4 Å². The topological polar surface area (TPSA) is 48.5 Å². The standard InChI is InChI=1S/C20H25ClN4O/c1-24(19-11-6-16(21)14-22-19)15-20(26)23-17-7-9-18(10-8-17)25-12-4-2-3-5-13-25/h6-11,14H,2-5,12-13,15H2,1H3,(H,23,26). The molecule has 1 saturated heterocycles. The van der Waals surface area contributed by atoms with Crippen molar-refractivity contribution >= 4 is 34.7 Å². The number of rotatable bonds is 5. The minimum Gasteiger partial charge on any atom is -0.372 e. The van der Waals surface area contributed by atoms with E-state index in [1.54, 1.807) is 23.2 Å². The lowest BCUT2D eigenvalue weighted by Gasteiger charge is -2.23. The number of carbonyl (C=O) groups excluding carboxylic acids is 1. The molecule has 1 fully saturated rings. The molecular formula is C20H25ClN4O. The van der Waals surface area contributed by atoms with Crippen LogP contribution in [0, 0.1) is 0 Å². The molecule has 6 heteroatoms. The first-order chi connectivity index (χ1) is 12.6. The first-order valence-corrected chi connectivity index (χ1v) is 9.47. The van der Waals surface area contributed by atoms with Crippen molar-refractivity contribution in [3.8, 4) is 0 Å². The summed E-state index contributed by atoms with van der Waals surface area (Å²) >= 11 is 5.84. The van der Waals surface area contributed by atoms with Crippen LogP contribution in [-0.2, 0) is 4.79 Å². The van der Waals surface area contributed by atoms with Crippen molar-refractivity contribution in [3.63, 3.8) is 0 Å². The van der Waals surface area contributed by atoms with E-state index in [-0.39, 0.29) is 12.5 Å². The zero-order chi connectivity index (χ0) is 18.4. The molecule has 26 heavy (non-hydrogen) atoms. The van der Waals surface area contributed by atoms with Gasteiger partial charge in [0, 0.05) is 37.7 Å². The van der Waals surface area contributed by atoms with E-state index in [2.05, 4.69) is 27.3 Å². The van der Waals surface area contributed by atoms with Gasteiger partial charge in [-0.25, -0.2) is 4.98 Å². The van der Waals surface area contributed by atoms with Crippen LogP contribution >= 0.6 is 11.6 Å². The van der Waals surface area contributed by atoms with E-state index in [0.717, 1.165) is 18.8 Å². The third-order valence-electron chi connectivity index (χ3n) is 4.61. The van der Waals surface area contributed by atoms with Crippen LogP contribution in [0.3, 0.4) is 0 Å². The lowest BCUT2D eigenvalue weighted by Crippen LogP contribution is -2.30. The fraction of sp³-hybridized carbons (Fsp3) is 0.400. The van der Waals surface area contributed by atoms with Crippen molar-refractivity contribution < 1.29 is 4.79 Å². The van der Waals surface area contributed by atoms with Gasteiger partial charge in [0.2, 0.25) is 5.91 Å². The molecular weight excluding hydrogens is 348 g/mol. The smallest absolute Gasteiger partial charge is 0.243 e. The van der Waals surface area contributed by atoms with Crippen molar-refractivity contribution in [1.82, 2.24) is 4.98 Å². The van der Waals surface area contributed by atoms with Crippen LogP contribution in [0.4, 0.5) is 17.2 Å². The average Bonchev–Trinajstić information content (AvgIpc) is 2.92. The lowest BCUT2D eigenvalue weighted by molar-refractivity contribution is -0.114. The SMILES string of the molecule is CN(CC(=O)Nc1ccc(N2CCCCCC2)cc1)c1ccc(Cl)cn1. The summed E-state index contributed by atoms with van der Waals surface area (Å²) in [5, 5.41) is 3.52. The highest BCUT2D eigenvalue weighted by Gasteiger charge is 2.11. The van der Waals surface area contributed by atoms with Crippen molar-refractivity contribution in [2.45, 2.75) is 25.7 Å². The Balaban J connectivity index is 1.54. The summed E-state index contributed by atoms with van der Waals surface area (Å²) in [6.07, 6.45) is 6.72. The first-order valence-electron chi connectivity index (χ1n) is 9.09. The second kappa shape index (κ2) is 8.90. The second-order valence-corrected chi connectivity index (χ2v) is 7.12.